The number of carboxylic acids is 1. The van der Waals surface area contributed by atoms with E-state index >= 15 is 0 Å². The Hall–Kier alpha value is -3.60. The predicted molar refractivity (Wildman–Crippen MR) is 132 cm³/mol. The van der Waals surface area contributed by atoms with Crippen LogP contribution in [0.1, 0.15) is 60.6 Å². The third kappa shape index (κ3) is 5.46. The van der Waals surface area contributed by atoms with E-state index in [9.17, 15) is 27.6 Å². The van der Waals surface area contributed by atoms with Gasteiger partial charge < -0.3 is 10.1 Å². The molecular weight excluding hydrogens is 486 g/mol. The Morgan fingerprint density at radius 3 is 2.47 bits per heavy atom. The number of Topliss-reactive ketones (excluding diaryl/α,β-unsaturated/α-hetero) is 1. The van der Waals surface area contributed by atoms with Gasteiger partial charge in [-0.1, -0.05) is 32.1 Å². The van der Waals surface area contributed by atoms with Gasteiger partial charge in [0.25, 0.3) is 5.56 Å². The number of carbonyl (C=O) groups excluding carboxylic acids is 1. The zero-order valence-corrected chi connectivity index (χ0v) is 20.6. The van der Waals surface area contributed by atoms with E-state index in [4.69, 9.17) is 5.11 Å². The van der Waals surface area contributed by atoms with Gasteiger partial charge in [0.05, 0.1) is 27.8 Å². The lowest BCUT2D eigenvalue weighted by atomic mass is 9.83. The number of carbonyl (C=O) groups is 2. The van der Waals surface area contributed by atoms with E-state index < -0.39 is 33.1 Å². The van der Waals surface area contributed by atoms with Gasteiger partial charge in [-0.25, -0.2) is 22.6 Å². The minimum atomic E-state index is -3.55. The number of aromatic nitrogens is 3. The number of aromatic carboxylic acids is 1. The van der Waals surface area contributed by atoms with E-state index in [2.05, 4.69) is 9.97 Å². The van der Waals surface area contributed by atoms with Gasteiger partial charge in [-0.2, -0.15) is 0 Å². The average molecular weight is 514 g/mol. The van der Waals surface area contributed by atoms with Crippen LogP contribution in [0, 0.1) is 5.92 Å². The lowest BCUT2D eigenvalue weighted by Crippen LogP contribution is -2.42. The smallest absolute Gasteiger partial charge is 0.337 e. The van der Waals surface area contributed by atoms with E-state index in [1.807, 2.05) is 0 Å². The number of nitrogens with zero attached hydrogens (tertiary/aromatic N) is 2. The Bertz CT molecular complexity index is 1530. The molecule has 1 fully saturated rings. The third-order valence-electron chi connectivity index (χ3n) is 6.72. The number of nitrogens with one attached hydrogen (secondary N) is 1. The Morgan fingerprint density at radius 1 is 1.14 bits per heavy atom. The van der Waals surface area contributed by atoms with E-state index in [-0.39, 0.29) is 39.5 Å². The van der Waals surface area contributed by atoms with E-state index in [1.165, 1.54) is 30.3 Å². The summed E-state index contributed by atoms with van der Waals surface area (Å²) in [4.78, 5) is 57.7. The first-order valence-corrected chi connectivity index (χ1v) is 13.6. The van der Waals surface area contributed by atoms with Gasteiger partial charge in [0.2, 0.25) is 0 Å². The molecule has 1 saturated carbocycles. The molecule has 2 heterocycles. The largest absolute Gasteiger partial charge is 0.478 e. The maximum absolute atomic E-state index is 13.5. The highest BCUT2D eigenvalue weighted by Crippen LogP contribution is 2.31. The van der Waals surface area contributed by atoms with Crippen LogP contribution in [-0.4, -0.2) is 46.1 Å². The number of aromatic amines is 1. The van der Waals surface area contributed by atoms with E-state index in [0.29, 0.717) is 12.1 Å². The van der Waals surface area contributed by atoms with Crippen LogP contribution in [0.15, 0.2) is 51.0 Å². The van der Waals surface area contributed by atoms with Crippen molar-refractivity contribution in [3.8, 4) is 0 Å². The van der Waals surface area contributed by atoms with Crippen molar-refractivity contribution in [1.82, 2.24) is 14.5 Å². The molecule has 0 spiro atoms. The summed E-state index contributed by atoms with van der Waals surface area (Å²) in [5, 5.41) is 9.17. The van der Waals surface area contributed by atoms with Gasteiger partial charge in [-0.05, 0) is 42.7 Å². The van der Waals surface area contributed by atoms with Crippen LogP contribution in [0.5, 0.6) is 0 Å². The molecule has 10 nitrogen and oxygen atoms in total. The highest BCUT2D eigenvalue weighted by molar-refractivity contribution is 7.90. The van der Waals surface area contributed by atoms with Crippen molar-refractivity contribution in [2.45, 2.75) is 55.9 Å². The first-order chi connectivity index (χ1) is 17.0. The molecule has 1 unspecified atom stereocenters. The zero-order valence-electron chi connectivity index (χ0n) is 19.8. The van der Waals surface area contributed by atoms with Crippen LogP contribution in [0.2, 0.25) is 0 Å². The molecule has 36 heavy (non-hydrogen) atoms. The SMILES string of the molecule is CS(=O)(=O)c1ccc2c(=O)n(C(CC3CCCCC3)C(=O)Cc3ccc(C(=O)O)cn3)c(=O)[nH]c2c1. The topological polar surface area (TPSA) is 156 Å². The van der Waals surface area contributed by atoms with Crippen molar-refractivity contribution in [1.29, 1.82) is 0 Å². The van der Waals surface area contributed by atoms with Crippen molar-refractivity contribution in [3.05, 3.63) is 68.6 Å². The van der Waals surface area contributed by atoms with Gasteiger partial charge in [0.15, 0.2) is 15.6 Å². The number of H-pyrrole nitrogens is 1. The molecule has 4 rings (SSSR count). The highest BCUT2D eigenvalue weighted by Gasteiger charge is 2.29. The Kier molecular flexibility index (Phi) is 7.21. The van der Waals surface area contributed by atoms with Gasteiger partial charge in [0.1, 0.15) is 6.04 Å². The van der Waals surface area contributed by atoms with Crippen LogP contribution in [0.25, 0.3) is 10.9 Å². The fraction of sp³-hybridized carbons (Fsp3) is 0.400. The van der Waals surface area contributed by atoms with Crippen molar-refractivity contribution in [3.63, 3.8) is 0 Å². The molecule has 190 valence electrons. The molecule has 0 radical (unpaired) electrons. The normalized spacial score (nSPS) is 15.6. The van der Waals surface area contributed by atoms with Crippen LogP contribution in [0.3, 0.4) is 0 Å². The van der Waals surface area contributed by atoms with E-state index in [0.717, 1.165) is 49.1 Å². The quantitative estimate of drug-likeness (QED) is 0.465. The fourth-order valence-corrected chi connectivity index (χ4v) is 5.44. The van der Waals surface area contributed by atoms with Crippen molar-refractivity contribution in [2.75, 3.05) is 6.26 Å². The molecular formula is C25H27N3O7S. The standard InChI is InChI=1S/C25H27N3O7S/c1-36(34,35)18-9-10-19-20(13-18)27-25(33)28(23(19)30)21(11-15-5-3-2-4-6-15)22(29)12-17-8-7-16(14-26-17)24(31)32/h7-10,13-15,21H,2-6,11-12H2,1H3,(H,27,33)(H,31,32). The lowest BCUT2D eigenvalue weighted by molar-refractivity contribution is -0.122. The number of carboxylic acid groups (broad SMARTS) is 1. The molecule has 0 aliphatic heterocycles. The van der Waals surface area contributed by atoms with Crippen LogP contribution < -0.4 is 11.2 Å². The van der Waals surface area contributed by atoms with Crippen LogP contribution in [-0.2, 0) is 21.1 Å². The summed E-state index contributed by atoms with van der Waals surface area (Å²) in [7, 11) is -3.55. The summed E-state index contributed by atoms with van der Waals surface area (Å²) in [6.45, 7) is 0. The van der Waals surface area contributed by atoms with Crippen LogP contribution >= 0.6 is 0 Å². The molecule has 2 aromatic heterocycles. The molecule has 1 aromatic carbocycles. The monoisotopic (exact) mass is 513 g/mol. The highest BCUT2D eigenvalue weighted by atomic mass is 32.2. The number of ketones is 1. The maximum Gasteiger partial charge on any atom is 0.337 e. The summed E-state index contributed by atoms with van der Waals surface area (Å²) in [5.41, 5.74) is -1.06. The molecule has 3 aromatic rings. The second kappa shape index (κ2) is 10.2. The second-order valence-electron chi connectivity index (χ2n) is 9.33. The maximum atomic E-state index is 13.5. The lowest BCUT2D eigenvalue weighted by Gasteiger charge is -2.26. The summed E-state index contributed by atoms with van der Waals surface area (Å²) >= 11 is 0. The van der Waals surface area contributed by atoms with Gasteiger partial charge >= 0.3 is 11.7 Å². The number of hydrogen-bond donors (Lipinski definition) is 2. The molecule has 11 heteroatoms. The molecule has 0 amide bonds. The summed E-state index contributed by atoms with van der Waals surface area (Å²) in [6.07, 6.45) is 7.27. The van der Waals surface area contributed by atoms with Crippen LogP contribution in [0.4, 0.5) is 0 Å². The molecule has 1 aliphatic carbocycles. The number of fused-ring (bicyclic) bond motifs is 1. The first kappa shape index (κ1) is 25.5. The van der Waals surface area contributed by atoms with Crippen molar-refractivity contribution >= 4 is 32.5 Å². The molecule has 0 bridgehead atoms. The van der Waals surface area contributed by atoms with Crippen molar-refractivity contribution < 1.29 is 23.1 Å². The Labute approximate surface area is 206 Å². The summed E-state index contributed by atoms with van der Waals surface area (Å²) in [6, 6.07) is 5.64. The minimum absolute atomic E-state index is 0.0133. The summed E-state index contributed by atoms with van der Waals surface area (Å²) < 4.78 is 24.7. The van der Waals surface area contributed by atoms with E-state index in [1.54, 1.807) is 0 Å². The predicted octanol–water partition coefficient (Wildman–Crippen LogP) is 2.51. The Balaban J connectivity index is 1.75. The minimum Gasteiger partial charge on any atom is -0.478 e. The second-order valence-corrected chi connectivity index (χ2v) is 11.3. The first-order valence-electron chi connectivity index (χ1n) is 11.7. The summed E-state index contributed by atoms with van der Waals surface area (Å²) in [5.74, 6) is -1.34. The third-order valence-corrected chi connectivity index (χ3v) is 7.83. The number of sulfone groups is 1. The Morgan fingerprint density at radius 2 is 1.86 bits per heavy atom. The number of rotatable bonds is 8. The molecule has 0 saturated heterocycles. The van der Waals surface area contributed by atoms with Crippen molar-refractivity contribution in [2.24, 2.45) is 5.92 Å². The number of hydrogen-bond acceptors (Lipinski definition) is 7. The number of pyridine rings is 1. The number of benzene rings is 1. The van der Waals surface area contributed by atoms with Gasteiger partial charge in [-0.3, -0.25) is 14.6 Å². The molecule has 1 atom stereocenters. The van der Waals surface area contributed by atoms with Gasteiger partial charge in [0, 0.05) is 18.1 Å². The fourth-order valence-electron chi connectivity index (χ4n) is 4.80. The molecule has 1 aliphatic rings. The molecule has 2 N–H and O–H groups in total. The van der Waals surface area contributed by atoms with Gasteiger partial charge in [-0.15, -0.1) is 0 Å². The average Bonchev–Trinajstić information content (AvgIpc) is 2.83. The zero-order chi connectivity index (χ0) is 26.0.